The quantitative estimate of drug-likeness (QED) is 0.811. The molecule has 0 aliphatic heterocycles. The maximum absolute atomic E-state index is 12.3. The van der Waals surface area contributed by atoms with Gasteiger partial charge in [0.05, 0.1) is 12.1 Å². The van der Waals surface area contributed by atoms with E-state index in [1.165, 1.54) is 0 Å². The van der Waals surface area contributed by atoms with E-state index in [0.29, 0.717) is 11.3 Å². The summed E-state index contributed by atoms with van der Waals surface area (Å²) in [6.45, 7) is 0. The van der Waals surface area contributed by atoms with E-state index < -0.39 is 5.97 Å². The van der Waals surface area contributed by atoms with Crippen molar-refractivity contribution in [3.8, 4) is 0 Å². The molecular weight excluding hydrogens is 191 g/mol. The number of rotatable bonds is 4. The Hall–Kier alpha value is -1.03. The number of hydrogen-bond acceptors (Lipinski definition) is 2. The fourth-order valence-electron chi connectivity index (χ4n) is 1.03. The minimum Gasteiger partial charge on any atom is -0.481 e. The van der Waals surface area contributed by atoms with Crippen LogP contribution in [-0.4, -0.2) is 11.1 Å². The van der Waals surface area contributed by atoms with E-state index in [2.05, 4.69) is 0 Å². The zero-order valence-electron chi connectivity index (χ0n) is 6.87. The Labute approximate surface area is 80.1 Å². The summed E-state index contributed by atoms with van der Waals surface area (Å²) in [6, 6.07) is 6.88. The van der Waals surface area contributed by atoms with Crippen molar-refractivity contribution in [2.24, 2.45) is 0 Å². The number of carbonyl (C=O) groups is 1. The SMILES string of the molecule is O=C(O)CCc1ccccc1SF. The maximum atomic E-state index is 12.3. The highest BCUT2D eigenvalue weighted by atomic mass is 32.2. The average Bonchev–Trinajstić information content (AvgIpc) is 2.15. The summed E-state index contributed by atoms with van der Waals surface area (Å²) in [7, 11) is 0. The Morgan fingerprint density at radius 1 is 1.46 bits per heavy atom. The summed E-state index contributed by atoms with van der Waals surface area (Å²) in [5, 5.41) is 8.44. The zero-order valence-corrected chi connectivity index (χ0v) is 7.68. The minimum atomic E-state index is -0.862. The number of aliphatic carboxylic acids is 1. The van der Waals surface area contributed by atoms with E-state index in [-0.39, 0.29) is 18.6 Å². The number of carboxylic acid groups (broad SMARTS) is 1. The molecule has 0 atom stereocenters. The van der Waals surface area contributed by atoms with Crippen LogP contribution in [0.25, 0.3) is 0 Å². The molecule has 0 aliphatic rings. The molecule has 0 radical (unpaired) electrons. The molecule has 0 unspecified atom stereocenters. The third-order valence-corrected chi connectivity index (χ3v) is 2.23. The van der Waals surface area contributed by atoms with Crippen LogP contribution in [-0.2, 0) is 11.2 Å². The van der Waals surface area contributed by atoms with Crippen molar-refractivity contribution in [2.45, 2.75) is 17.7 Å². The molecule has 0 spiro atoms. The van der Waals surface area contributed by atoms with Crippen molar-refractivity contribution in [1.82, 2.24) is 0 Å². The summed E-state index contributed by atoms with van der Waals surface area (Å²) >= 11 is 0.154. The van der Waals surface area contributed by atoms with Gasteiger partial charge < -0.3 is 5.11 Å². The molecule has 0 saturated heterocycles. The van der Waals surface area contributed by atoms with Gasteiger partial charge in [0, 0.05) is 11.3 Å². The largest absolute Gasteiger partial charge is 0.481 e. The smallest absolute Gasteiger partial charge is 0.303 e. The van der Waals surface area contributed by atoms with Crippen molar-refractivity contribution < 1.29 is 13.8 Å². The number of carboxylic acids is 1. The lowest BCUT2D eigenvalue weighted by Gasteiger charge is -2.02. The summed E-state index contributed by atoms with van der Waals surface area (Å²) in [5.41, 5.74) is 0.748. The van der Waals surface area contributed by atoms with Crippen LogP contribution in [0.15, 0.2) is 29.2 Å². The Morgan fingerprint density at radius 2 is 2.15 bits per heavy atom. The fraction of sp³-hybridized carbons (Fsp3) is 0.222. The predicted octanol–water partition coefficient (Wildman–Crippen LogP) is 2.68. The molecule has 0 aromatic heterocycles. The molecule has 70 valence electrons. The van der Waals surface area contributed by atoms with E-state index in [1.54, 1.807) is 24.3 Å². The summed E-state index contributed by atoms with van der Waals surface area (Å²) in [6.07, 6.45) is 0.417. The van der Waals surface area contributed by atoms with E-state index in [0.717, 1.165) is 5.56 Å². The molecule has 0 bridgehead atoms. The minimum absolute atomic E-state index is 0.0393. The van der Waals surface area contributed by atoms with E-state index in [1.807, 2.05) is 0 Å². The van der Waals surface area contributed by atoms with Crippen LogP contribution in [0.1, 0.15) is 12.0 Å². The molecule has 0 amide bonds. The van der Waals surface area contributed by atoms with Crippen LogP contribution >= 0.6 is 12.1 Å². The molecule has 0 fully saturated rings. The van der Waals surface area contributed by atoms with E-state index >= 15 is 0 Å². The van der Waals surface area contributed by atoms with Crippen molar-refractivity contribution in [3.63, 3.8) is 0 Å². The molecule has 0 heterocycles. The second-order valence-electron chi connectivity index (χ2n) is 2.58. The van der Waals surface area contributed by atoms with Crippen LogP contribution in [0.5, 0.6) is 0 Å². The van der Waals surface area contributed by atoms with Gasteiger partial charge in [0.1, 0.15) is 0 Å². The molecule has 13 heavy (non-hydrogen) atoms. The van der Waals surface area contributed by atoms with Crippen LogP contribution in [0.2, 0.25) is 0 Å². The van der Waals surface area contributed by atoms with Gasteiger partial charge in [-0.15, -0.1) is 0 Å². The third-order valence-electron chi connectivity index (χ3n) is 1.66. The Balaban J connectivity index is 2.69. The van der Waals surface area contributed by atoms with E-state index in [4.69, 9.17) is 5.11 Å². The van der Waals surface area contributed by atoms with E-state index in [9.17, 15) is 8.68 Å². The van der Waals surface area contributed by atoms with Gasteiger partial charge in [-0.2, -0.15) is 3.89 Å². The first-order valence-electron chi connectivity index (χ1n) is 3.82. The van der Waals surface area contributed by atoms with Crippen molar-refractivity contribution in [3.05, 3.63) is 29.8 Å². The normalized spacial score (nSPS) is 9.92. The second kappa shape index (κ2) is 4.87. The molecule has 0 aliphatic carbocycles. The van der Waals surface area contributed by atoms with Crippen molar-refractivity contribution in [1.29, 1.82) is 0 Å². The molecule has 0 saturated carbocycles. The number of aryl methyl sites for hydroxylation is 1. The second-order valence-corrected chi connectivity index (χ2v) is 3.17. The average molecular weight is 200 g/mol. The highest BCUT2D eigenvalue weighted by molar-refractivity contribution is 7.94. The first-order chi connectivity index (χ1) is 6.24. The van der Waals surface area contributed by atoms with Crippen LogP contribution in [0.3, 0.4) is 0 Å². The first kappa shape index (κ1) is 10.1. The zero-order chi connectivity index (χ0) is 9.68. The molecule has 4 heteroatoms. The van der Waals surface area contributed by atoms with Gasteiger partial charge in [0.25, 0.3) is 0 Å². The topological polar surface area (TPSA) is 37.3 Å². The molecular formula is C9H9FO2S. The lowest BCUT2D eigenvalue weighted by atomic mass is 10.1. The molecule has 1 N–H and O–H groups in total. The van der Waals surface area contributed by atoms with Crippen LogP contribution < -0.4 is 0 Å². The molecule has 2 nitrogen and oxygen atoms in total. The molecule has 1 rings (SSSR count). The maximum Gasteiger partial charge on any atom is 0.303 e. The third kappa shape index (κ3) is 3.06. The van der Waals surface area contributed by atoms with Crippen molar-refractivity contribution >= 4 is 18.1 Å². The van der Waals surface area contributed by atoms with Gasteiger partial charge in [-0.05, 0) is 18.1 Å². The summed E-state index contributed by atoms with van der Waals surface area (Å²) < 4.78 is 12.3. The standard InChI is InChI=1S/C9H9FO2S/c10-13-8-4-2-1-3-7(8)5-6-9(11)12/h1-4H,5-6H2,(H,11,12). The van der Waals surface area contributed by atoms with Gasteiger partial charge >= 0.3 is 5.97 Å². The number of halogens is 1. The first-order valence-corrected chi connectivity index (χ1v) is 4.54. The van der Waals surface area contributed by atoms with Gasteiger partial charge in [-0.1, -0.05) is 18.2 Å². The Morgan fingerprint density at radius 3 is 2.77 bits per heavy atom. The van der Waals surface area contributed by atoms with Crippen LogP contribution in [0, 0.1) is 0 Å². The fourth-order valence-corrected chi connectivity index (χ4v) is 1.43. The lowest BCUT2D eigenvalue weighted by molar-refractivity contribution is -0.136. The van der Waals surface area contributed by atoms with Gasteiger partial charge in [-0.3, -0.25) is 4.79 Å². The highest BCUT2D eigenvalue weighted by Gasteiger charge is 2.04. The predicted molar refractivity (Wildman–Crippen MR) is 49.4 cm³/mol. The highest BCUT2D eigenvalue weighted by Crippen LogP contribution is 2.23. The molecule has 1 aromatic rings. The number of benzene rings is 1. The summed E-state index contributed by atoms with van der Waals surface area (Å²) in [4.78, 5) is 10.8. The van der Waals surface area contributed by atoms with Gasteiger partial charge in [-0.25, -0.2) is 0 Å². The number of hydrogen-bond donors (Lipinski definition) is 1. The monoisotopic (exact) mass is 200 g/mol. The lowest BCUT2D eigenvalue weighted by Crippen LogP contribution is -1.98. The molecule has 1 aromatic carbocycles. The summed E-state index contributed by atoms with van der Waals surface area (Å²) in [5.74, 6) is -0.862. The van der Waals surface area contributed by atoms with Gasteiger partial charge in [0.2, 0.25) is 0 Å². The Bertz CT molecular complexity index is 301. The van der Waals surface area contributed by atoms with Crippen LogP contribution in [0.4, 0.5) is 3.89 Å². The van der Waals surface area contributed by atoms with Gasteiger partial charge in [0.15, 0.2) is 0 Å². The Kier molecular flexibility index (Phi) is 3.76. The van der Waals surface area contributed by atoms with Crippen molar-refractivity contribution in [2.75, 3.05) is 0 Å².